The molecule has 0 amide bonds. The van der Waals surface area contributed by atoms with Crippen LogP contribution in [0.2, 0.25) is 0 Å². The number of hydrogen-bond acceptors (Lipinski definition) is 3. The van der Waals surface area contributed by atoms with Crippen molar-refractivity contribution in [1.82, 2.24) is 9.88 Å². The maximum Gasteiger partial charge on any atom is 0.0702 e. The molecule has 0 atom stereocenters. The first-order valence-electron chi connectivity index (χ1n) is 6.28. The molecular weight excluding hydrogens is 222 g/mol. The van der Waals surface area contributed by atoms with Gasteiger partial charge in [-0.3, -0.25) is 9.88 Å². The number of fused-ring (bicyclic) bond motifs is 1. The lowest BCUT2D eigenvalue weighted by molar-refractivity contribution is 0.155. The molecule has 0 unspecified atom stereocenters. The molecule has 1 aromatic carbocycles. The Hall–Kier alpha value is -1.45. The number of nitrogens with zero attached hydrogens (tertiary/aromatic N) is 2. The van der Waals surface area contributed by atoms with Gasteiger partial charge in [0.25, 0.3) is 0 Å². The minimum absolute atomic E-state index is 0.00560. The first kappa shape index (κ1) is 13.0. The second kappa shape index (κ2) is 5.04. The zero-order chi connectivity index (χ0) is 13.2. The first-order valence-corrected chi connectivity index (χ1v) is 6.28. The molecule has 2 N–H and O–H groups in total. The Morgan fingerprint density at radius 2 is 2.00 bits per heavy atom. The molecule has 0 aliphatic heterocycles. The zero-order valence-corrected chi connectivity index (χ0v) is 11.4. The fraction of sp³-hybridized carbons (Fsp3) is 0.400. The average molecular weight is 243 g/mol. The maximum atomic E-state index is 5.79. The fourth-order valence-corrected chi connectivity index (χ4v) is 1.85. The third kappa shape index (κ3) is 2.68. The van der Waals surface area contributed by atoms with Gasteiger partial charge in [0.2, 0.25) is 0 Å². The van der Waals surface area contributed by atoms with Gasteiger partial charge in [0.05, 0.1) is 5.52 Å². The van der Waals surface area contributed by atoms with Crippen molar-refractivity contribution in [1.29, 1.82) is 0 Å². The standard InChI is InChI=1S/C15H21N3/c1-15(2,11-16)18(3)10-12-8-13-6-4-5-7-14(13)17-9-12/h4-9H,10-11,16H2,1-3H3. The van der Waals surface area contributed by atoms with Crippen LogP contribution >= 0.6 is 0 Å². The molecule has 2 aromatic rings. The van der Waals surface area contributed by atoms with Crippen LogP contribution in [0.1, 0.15) is 19.4 Å². The maximum absolute atomic E-state index is 5.79. The summed E-state index contributed by atoms with van der Waals surface area (Å²) < 4.78 is 0. The quantitative estimate of drug-likeness (QED) is 0.896. The van der Waals surface area contributed by atoms with Gasteiger partial charge in [-0.25, -0.2) is 0 Å². The Kier molecular flexibility index (Phi) is 3.64. The molecule has 0 saturated carbocycles. The molecule has 0 aliphatic carbocycles. The lowest BCUT2D eigenvalue weighted by Gasteiger charge is -2.34. The summed E-state index contributed by atoms with van der Waals surface area (Å²) in [6, 6.07) is 10.4. The van der Waals surface area contributed by atoms with Crippen molar-refractivity contribution in [2.45, 2.75) is 25.9 Å². The van der Waals surface area contributed by atoms with Crippen LogP contribution in [-0.2, 0) is 6.54 Å². The van der Waals surface area contributed by atoms with Crippen LogP contribution in [0, 0.1) is 0 Å². The van der Waals surface area contributed by atoms with E-state index in [1.165, 1.54) is 10.9 Å². The molecule has 0 spiro atoms. The van der Waals surface area contributed by atoms with Gasteiger partial charge < -0.3 is 5.73 Å². The van der Waals surface area contributed by atoms with Crippen molar-refractivity contribution < 1.29 is 0 Å². The van der Waals surface area contributed by atoms with E-state index in [1.807, 2.05) is 24.4 Å². The van der Waals surface area contributed by atoms with E-state index in [-0.39, 0.29) is 5.54 Å². The van der Waals surface area contributed by atoms with Gasteiger partial charge in [0.1, 0.15) is 0 Å². The van der Waals surface area contributed by atoms with E-state index in [9.17, 15) is 0 Å². The van der Waals surface area contributed by atoms with Crippen molar-refractivity contribution in [3.8, 4) is 0 Å². The molecule has 3 heteroatoms. The molecule has 96 valence electrons. The minimum atomic E-state index is 0.00560. The molecule has 0 radical (unpaired) electrons. The molecule has 1 aromatic heterocycles. The summed E-state index contributed by atoms with van der Waals surface area (Å²) in [7, 11) is 2.10. The lowest BCUT2D eigenvalue weighted by Crippen LogP contribution is -2.46. The molecule has 0 fully saturated rings. The molecule has 1 heterocycles. The molecule has 0 bridgehead atoms. The van der Waals surface area contributed by atoms with Crippen LogP contribution in [-0.4, -0.2) is 29.0 Å². The van der Waals surface area contributed by atoms with E-state index < -0.39 is 0 Å². The van der Waals surface area contributed by atoms with Gasteiger partial charge in [0, 0.05) is 30.2 Å². The molecule has 0 saturated heterocycles. The second-order valence-corrected chi connectivity index (χ2v) is 5.41. The highest BCUT2D eigenvalue weighted by atomic mass is 15.2. The van der Waals surface area contributed by atoms with Crippen molar-refractivity contribution >= 4 is 10.9 Å². The van der Waals surface area contributed by atoms with Gasteiger partial charge >= 0.3 is 0 Å². The Bertz CT molecular complexity index is 534. The zero-order valence-electron chi connectivity index (χ0n) is 11.4. The van der Waals surface area contributed by atoms with Crippen molar-refractivity contribution in [2.75, 3.05) is 13.6 Å². The molecular formula is C15H21N3. The van der Waals surface area contributed by atoms with Crippen LogP contribution in [0.3, 0.4) is 0 Å². The number of pyridine rings is 1. The van der Waals surface area contributed by atoms with E-state index >= 15 is 0 Å². The smallest absolute Gasteiger partial charge is 0.0702 e. The van der Waals surface area contributed by atoms with Crippen molar-refractivity contribution in [2.24, 2.45) is 5.73 Å². The van der Waals surface area contributed by atoms with Crippen molar-refractivity contribution in [3.63, 3.8) is 0 Å². The second-order valence-electron chi connectivity index (χ2n) is 5.41. The highest BCUT2D eigenvalue weighted by Gasteiger charge is 2.21. The minimum Gasteiger partial charge on any atom is -0.329 e. The number of hydrogen-bond donors (Lipinski definition) is 1. The van der Waals surface area contributed by atoms with Gasteiger partial charge in [-0.05, 0) is 38.6 Å². The molecule has 2 rings (SSSR count). The Morgan fingerprint density at radius 1 is 1.28 bits per heavy atom. The third-order valence-electron chi connectivity index (χ3n) is 3.60. The Labute approximate surface area is 109 Å². The number of rotatable bonds is 4. The van der Waals surface area contributed by atoms with Crippen LogP contribution in [0.4, 0.5) is 0 Å². The Morgan fingerprint density at radius 3 is 2.72 bits per heavy atom. The molecule has 0 aliphatic rings. The van der Waals surface area contributed by atoms with E-state index in [1.54, 1.807) is 0 Å². The number of para-hydroxylation sites is 1. The number of aromatic nitrogens is 1. The highest BCUT2D eigenvalue weighted by molar-refractivity contribution is 5.78. The van der Waals surface area contributed by atoms with Crippen LogP contribution in [0.25, 0.3) is 10.9 Å². The van der Waals surface area contributed by atoms with E-state index in [4.69, 9.17) is 5.73 Å². The summed E-state index contributed by atoms with van der Waals surface area (Å²) >= 11 is 0. The van der Waals surface area contributed by atoms with Crippen molar-refractivity contribution in [3.05, 3.63) is 42.1 Å². The van der Waals surface area contributed by atoms with E-state index in [2.05, 4.69) is 42.9 Å². The van der Waals surface area contributed by atoms with E-state index in [0.717, 1.165) is 12.1 Å². The lowest BCUT2D eigenvalue weighted by atomic mass is 10.0. The fourth-order valence-electron chi connectivity index (χ4n) is 1.85. The van der Waals surface area contributed by atoms with Crippen LogP contribution in [0.5, 0.6) is 0 Å². The first-order chi connectivity index (χ1) is 8.53. The summed E-state index contributed by atoms with van der Waals surface area (Å²) in [4.78, 5) is 6.75. The third-order valence-corrected chi connectivity index (χ3v) is 3.60. The Balaban J connectivity index is 2.22. The number of nitrogens with two attached hydrogens (primary N) is 1. The molecule has 18 heavy (non-hydrogen) atoms. The van der Waals surface area contributed by atoms with Crippen LogP contribution < -0.4 is 5.73 Å². The summed E-state index contributed by atoms with van der Waals surface area (Å²) in [5, 5.41) is 1.19. The average Bonchev–Trinajstić information content (AvgIpc) is 2.38. The largest absolute Gasteiger partial charge is 0.329 e. The number of benzene rings is 1. The predicted octanol–water partition coefficient (Wildman–Crippen LogP) is 2.40. The van der Waals surface area contributed by atoms with Gasteiger partial charge in [-0.2, -0.15) is 0 Å². The van der Waals surface area contributed by atoms with Gasteiger partial charge in [0.15, 0.2) is 0 Å². The SMILES string of the molecule is CN(Cc1cnc2ccccc2c1)C(C)(C)CN. The summed E-state index contributed by atoms with van der Waals surface area (Å²) in [6.07, 6.45) is 1.95. The summed E-state index contributed by atoms with van der Waals surface area (Å²) in [5.41, 5.74) is 8.06. The van der Waals surface area contributed by atoms with Gasteiger partial charge in [-0.15, -0.1) is 0 Å². The monoisotopic (exact) mass is 243 g/mol. The predicted molar refractivity (Wildman–Crippen MR) is 76.3 cm³/mol. The topological polar surface area (TPSA) is 42.2 Å². The van der Waals surface area contributed by atoms with Crippen LogP contribution in [0.15, 0.2) is 36.5 Å². The molecule has 3 nitrogen and oxygen atoms in total. The summed E-state index contributed by atoms with van der Waals surface area (Å²) in [5.74, 6) is 0. The van der Waals surface area contributed by atoms with E-state index in [0.29, 0.717) is 6.54 Å². The normalized spacial score (nSPS) is 12.3. The summed E-state index contributed by atoms with van der Waals surface area (Å²) in [6.45, 7) is 5.81. The van der Waals surface area contributed by atoms with Gasteiger partial charge in [-0.1, -0.05) is 18.2 Å². The number of likely N-dealkylation sites (N-methyl/N-ethyl adjacent to an activating group) is 1. The highest BCUT2D eigenvalue weighted by Crippen LogP contribution is 2.17.